The Morgan fingerprint density at radius 3 is 2.61 bits per heavy atom. The Hall–Kier alpha value is -0.580. The third-order valence-electron chi connectivity index (χ3n) is 3.42. The highest BCUT2D eigenvalue weighted by Crippen LogP contribution is 2.39. The van der Waals surface area contributed by atoms with Gasteiger partial charge in [0, 0.05) is 11.0 Å². The molecule has 0 aliphatic heterocycles. The van der Waals surface area contributed by atoms with E-state index in [9.17, 15) is 4.79 Å². The summed E-state index contributed by atoms with van der Waals surface area (Å²) in [7, 11) is 0. The molecular weight excluding hydrogens is 316 g/mol. The number of nitrogens with two attached hydrogens (primary N) is 1. The molecule has 100 valence electrons. The van der Waals surface area contributed by atoms with E-state index in [-0.39, 0.29) is 23.9 Å². The first-order valence-corrected chi connectivity index (χ1v) is 6.63. The maximum Gasteiger partial charge on any atom is 0.252 e. The largest absolute Gasteiger partial charge is 0.345 e. The van der Waals surface area contributed by atoms with Crippen LogP contribution < -0.4 is 11.1 Å². The molecule has 0 bridgehead atoms. The summed E-state index contributed by atoms with van der Waals surface area (Å²) < 4.78 is 0.813. The van der Waals surface area contributed by atoms with Crippen LogP contribution in [-0.4, -0.2) is 18.0 Å². The lowest BCUT2D eigenvalue weighted by Gasteiger charge is -2.29. The normalized spacial score (nSPS) is 17.5. The molecule has 1 atom stereocenters. The minimum absolute atomic E-state index is 0. The van der Waals surface area contributed by atoms with Crippen molar-refractivity contribution in [2.24, 2.45) is 11.7 Å². The van der Waals surface area contributed by atoms with Gasteiger partial charge in [0.2, 0.25) is 0 Å². The second-order valence-corrected chi connectivity index (χ2v) is 5.68. The second kappa shape index (κ2) is 6.04. The smallest absolute Gasteiger partial charge is 0.252 e. The van der Waals surface area contributed by atoms with Crippen molar-refractivity contribution in [3.05, 3.63) is 34.3 Å². The summed E-state index contributed by atoms with van der Waals surface area (Å²) in [6.07, 6.45) is 2.31. The molecule has 1 saturated carbocycles. The van der Waals surface area contributed by atoms with Crippen molar-refractivity contribution >= 4 is 34.2 Å². The molecule has 1 amide bonds. The summed E-state index contributed by atoms with van der Waals surface area (Å²) in [4.78, 5) is 12.2. The van der Waals surface area contributed by atoms with Crippen LogP contribution in [0.25, 0.3) is 0 Å². The maximum atomic E-state index is 12.2. The molecule has 1 fully saturated rings. The van der Waals surface area contributed by atoms with E-state index < -0.39 is 0 Å². The van der Waals surface area contributed by atoms with Crippen LogP contribution in [0.3, 0.4) is 0 Å². The van der Waals surface area contributed by atoms with Crippen molar-refractivity contribution in [2.45, 2.75) is 25.3 Å². The number of hydrogen-bond acceptors (Lipinski definition) is 2. The van der Waals surface area contributed by atoms with Crippen molar-refractivity contribution in [3.8, 4) is 0 Å². The number of rotatable bonds is 4. The summed E-state index contributed by atoms with van der Waals surface area (Å²) in [6.45, 7) is 2.51. The fraction of sp³-hybridized carbons (Fsp3) is 0.462. The molecule has 0 saturated heterocycles. The minimum atomic E-state index is -0.271. The molecule has 0 spiro atoms. The van der Waals surface area contributed by atoms with Crippen molar-refractivity contribution in [2.75, 3.05) is 6.54 Å². The molecule has 3 nitrogen and oxygen atoms in total. The van der Waals surface area contributed by atoms with Crippen LogP contribution >= 0.6 is 28.3 Å². The molecular formula is C13H18BrClN2O. The van der Waals surface area contributed by atoms with Crippen LogP contribution in [0.1, 0.15) is 30.1 Å². The van der Waals surface area contributed by atoms with Gasteiger partial charge in [0.1, 0.15) is 0 Å². The first-order chi connectivity index (χ1) is 8.07. The summed E-state index contributed by atoms with van der Waals surface area (Å²) in [5, 5.41) is 3.07. The monoisotopic (exact) mass is 332 g/mol. The van der Waals surface area contributed by atoms with E-state index in [1.165, 1.54) is 0 Å². The molecule has 18 heavy (non-hydrogen) atoms. The predicted molar refractivity (Wildman–Crippen MR) is 79.0 cm³/mol. The SMILES string of the molecule is CC(CN)(NC(=O)c1ccccc1Br)C1CC1.Cl. The lowest BCUT2D eigenvalue weighted by molar-refractivity contribution is 0.0897. The lowest BCUT2D eigenvalue weighted by Crippen LogP contribution is -2.53. The van der Waals surface area contributed by atoms with Gasteiger partial charge in [0.15, 0.2) is 0 Å². The zero-order valence-corrected chi connectivity index (χ0v) is 12.7. The summed E-state index contributed by atoms with van der Waals surface area (Å²) in [5.41, 5.74) is 6.17. The highest BCUT2D eigenvalue weighted by atomic mass is 79.9. The third-order valence-corrected chi connectivity index (χ3v) is 4.11. The zero-order valence-electron chi connectivity index (χ0n) is 10.3. The second-order valence-electron chi connectivity index (χ2n) is 4.83. The van der Waals surface area contributed by atoms with Crippen molar-refractivity contribution in [1.29, 1.82) is 0 Å². The molecule has 0 radical (unpaired) electrons. The number of carbonyl (C=O) groups is 1. The molecule has 1 unspecified atom stereocenters. The van der Waals surface area contributed by atoms with Gasteiger partial charge < -0.3 is 11.1 Å². The highest BCUT2D eigenvalue weighted by Gasteiger charge is 2.41. The average molecular weight is 334 g/mol. The Morgan fingerprint density at radius 2 is 2.11 bits per heavy atom. The molecule has 1 aromatic rings. The maximum absolute atomic E-state index is 12.2. The number of nitrogens with one attached hydrogen (secondary N) is 1. The zero-order chi connectivity index (χ0) is 12.5. The summed E-state index contributed by atoms with van der Waals surface area (Å²) in [6, 6.07) is 7.43. The first-order valence-electron chi connectivity index (χ1n) is 5.84. The van der Waals surface area contributed by atoms with Crippen molar-refractivity contribution in [3.63, 3.8) is 0 Å². The van der Waals surface area contributed by atoms with Gasteiger partial charge in [-0.1, -0.05) is 12.1 Å². The van der Waals surface area contributed by atoms with Gasteiger partial charge in [-0.2, -0.15) is 0 Å². The topological polar surface area (TPSA) is 55.1 Å². The highest BCUT2D eigenvalue weighted by molar-refractivity contribution is 9.10. The Labute approximate surface area is 122 Å². The predicted octanol–water partition coefficient (Wildman–Crippen LogP) is 2.73. The van der Waals surface area contributed by atoms with Crippen molar-refractivity contribution < 1.29 is 4.79 Å². The molecule has 0 heterocycles. The molecule has 1 aliphatic carbocycles. The molecule has 5 heteroatoms. The Morgan fingerprint density at radius 1 is 1.50 bits per heavy atom. The number of amides is 1. The van der Waals surface area contributed by atoms with Gasteiger partial charge >= 0.3 is 0 Å². The molecule has 2 rings (SSSR count). The van der Waals surface area contributed by atoms with Gasteiger partial charge in [-0.15, -0.1) is 12.4 Å². The Kier molecular flexibility index (Phi) is 5.20. The molecule has 3 N–H and O–H groups in total. The minimum Gasteiger partial charge on any atom is -0.345 e. The number of carbonyl (C=O) groups excluding carboxylic acids is 1. The van der Waals surface area contributed by atoms with E-state index >= 15 is 0 Å². The van der Waals surface area contributed by atoms with Crippen LogP contribution in [-0.2, 0) is 0 Å². The Balaban J connectivity index is 0.00000162. The standard InChI is InChI=1S/C13H17BrN2O.ClH/c1-13(8-15,9-6-7-9)16-12(17)10-4-2-3-5-11(10)14;/h2-5,9H,6-8,15H2,1H3,(H,16,17);1H. The van der Waals surface area contributed by atoms with Crippen LogP contribution in [0.4, 0.5) is 0 Å². The van der Waals surface area contributed by atoms with Gasteiger partial charge in [-0.25, -0.2) is 0 Å². The van der Waals surface area contributed by atoms with Crippen LogP contribution in [0.15, 0.2) is 28.7 Å². The van der Waals surface area contributed by atoms with E-state index in [0.29, 0.717) is 18.0 Å². The third kappa shape index (κ3) is 3.25. The number of hydrogen-bond donors (Lipinski definition) is 2. The Bertz CT molecular complexity index is 437. The van der Waals surface area contributed by atoms with Gasteiger partial charge in [0.25, 0.3) is 5.91 Å². The summed E-state index contributed by atoms with van der Waals surface area (Å²) in [5.74, 6) is 0.469. The van der Waals surface area contributed by atoms with E-state index in [0.717, 1.165) is 17.3 Å². The van der Waals surface area contributed by atoms with E-state index in [1.807, 2.05) is 31.2 Å². The molecule has 1 aliphatic rings. The first kappa shape index (κ1) is 15.5. The molecule has 1 aromatic carbocycles. The fourth-order valence-electron chi connectivity index (χ4n) is 2.01. The van der Waals surface area contributed by atoms with Gasteiger partial charge in [0.05, 0.1) is 11.1 Å². The quantitative estimate of drug-likeness (QED) is 0.890. The average Bonchev–Trinajstić information content (AvgIpc) is 3.13. The van der Waals surface area contributed by atoms with E-state index in [1.54, 1.807) is 0 Å². The van der Waals surface area contributed by atoms with E-state index in [2.05, 4.69) is 21.2 Å². The van der Waals surface area contributed by atoms with Crippen LogP contribution in [0.2, 0.25) is 0 Å². The van der Waals surface area contributed by atoms with Crippen LogP contribution in [0, 0.1) is 5.92 Å². The lowest BCUT2D eigenvalue weighted by atomic mass is 9.95. The van der Waals surface area contributed by atoms with Gasteiger partial charge in [-0.05, 0) is 53.7 Å². The van der Waals surface area contributed by atoms with Crippen molar-refractivity contribution in [1.82, 2.24) is 5.32 Å². The fourth-order valence-corrected chi connectivity index (χ4v) is 2.48. The number of halogens is 2. The molecule has 0 aromatic heterocycles. The van der Waals surface area contributed by atoms with Crippen LogP contribution in [0.5, 0.6) is 0 Å². The summed E-state index contributed by atoms with van der Waals surface area (Å²) >= 11 is 3.39. The number of benzene rings is 1. The van der Waals surface area contributed by atoms with E-state index in [4.69, 9.17) is 5.73 Å². The van der Waals surface area contributed by atoms with Gasteiger partial charge in [-0.3, -0.25) is 4.79 Å².